The van der Waals surface area contributed by atoms with Crippen molar-refractivity contribution in [1.82, 2.24) is 0 Å². The summed E-state index contributed by atoms with van der Waals surface area (Å²) in [6, 6.07) is 17.7. The van der Waals surface area contributed by atoms with Crippen LogP contribution >= 0.6 is 0 Å². The number of benzene rings is 3. The first kappa shape index (κ1) is 23.4. The van der Waals surface area contributed by atoms with Crippen LogP contribution in [0.4, 0.5) is 15.8 Å². The molecule has 0 unspecified atom stereocenters. The monoisotopic (exact) mass is 482 g/mol. The van der Waals surface area contributed by atoms with Crippen LogP contribution in [0.1, 0.15) is 29.8 Å². The zero-order valence-electron chi connectivity index (χ0n) is 18.6. The standard InChI is InChI=1S/C25H23FN2O5S/c1-16-15-18-7-3-6-10-23(18)28(16)24(29)17(2)33-25(30)21-8-4-5-9-22(21)27-34(31,32)20-13-11-19(26)12-14-20/h3-14,16-17,27H,15H2,1-2H3/t16-,17+/m0/s1. The number of anilines is 2. The summed E-state index contributed by atoms with van der Waals surface area (Å²) in [7, 11) is -4.08. The Morgan fingerprint density at radius 2 is 1.68 bits per heavy atom. The Bertz CT molecular complexity index is 1340. The average molecular weight is 483 g/mol. The number of nitrogens with one attached hydrogen (secondary N) is 1. The Morgan fingerprint density at radius 3 is 2.41 bits per heavy atom. The highest BCUT2D eigenvalue weighted by Gasteiger charge is 2.35. The van der Waals surface area contributed by atoms with Crippen molar-refractivity contribution in [2.45, 2.75) is 37.3 Å². The summed E-state index contributed by atoms with van der Waals surface area (Å²) in [5.74, 6) is -1.79. The second-order valence-electron chi connectivity index (χ2n) is 8.04. The third-order valence-corrected chi connectivity index (χ3v) is 6.97. The summed E-state index contributed by atoms with van der Waals surface area (Å²) in [5.41, 5.74) is 1.76. The third-order valence-electron chi connectivity index (χ3n) is 5.59. The van der Waals surface area contributed by atoms with Crippen LogP contribution in [0.5, 0.6) is 0 Å². The average Bonchev–Trinajstić information content (AvgIpc) is 3.14. The van der Waals surface area contributed by atoms with Crippen molar-refractivity contribution in [1.29, 1.82) is 0 Å². The van der Waals surface area contributed by atoms with Crippen molar-refractivity contribution in [2.24, 2.45) is 0 Å². The molecule has 3 aromatic carbocycles. The molecule has 0 aliphatic carbocycles. The van der Waals surface area contributed by atoms with Crippen LogP contribution in [-0.2, 0) is 26.0 Å². The lowest BCUT2D eigenvalue weighted by Crippen LogP contribution is -2.43. The molecule has 0 fully saturated rings. The molecule has 1 heterocycles. The van der Waals surface area contributed by atoms with E-state index in [2.05, 4.69) is 4.72 Å². The molecular formula is C25H23FN2O5S. The van der Waals surface area contributed by atoms with E-state index in [1.54, 1.807) is 17.0 Å². The van der Waals surface area contributed by atoms with Crippen LogP contribution < -0.4 is 9.62 Å². The van der Waals surface area contributed by atoms with Crippen LogP contribution in [-0.4, -0.2) is 32.4 Å². The van der Waals surface area contributed by atoms with Crippen molar-refractivity contribution in [3.8, 4) is 0 Å². The molecule has 0 saturated heterocycles. The number of sulfonamides is 1. The fourth-order valence-corrected chi connectivity index (χ4v) is 5.02. The van der Waals surface area contributed by atoms with Gasteiger partial charge in [0.15, 0.2) is 6.10 Å². The number of rotatable bonds is 6. The third kappa shape index (κ3) is 4.65. The number of hydrogen-bond donors (Lipinski definition) is 1. The first-order valence-electron chi connectivity index (χ1n) is 10.7. The van der Waals surface area contributed by atoms with Crippen LogP contribution in [0.3, 0.4) is 0 Å². The maximum atomic E-state index is 13.2. The maximum absolute atomic E-state index is 13.2. The van der Waals surface area contributed by atoms with Gasteiger partial charge in [0.2, 0.25) is 0 Å². The molecule has 34 heavy (non-hydrogen) atoms. The fraction of sp³-hybridized carbons (Fsp3) is 0.200. The zero-order chi connectivity index (χ0) is 24.5. The highest BCUT2D eigenvalue weighted by atomic mass is 32.2. The molecule has 0 saturated carbocycles. The Labute approximate surface area is 197 Å². The SMILES string of the molecule is C[C@@H](OC(=O)c1ccccc1NS(=O)(=O)c1ccc(F)cc1)C(=O)N1c2ccccc2C[C@@H]1C. The van der Waals surface area contributed by atoms with Crippen molar-refractivity contribution in [2.75, 3.05) is 9.62 Å². The number of fused-ring (bicyclic) bond motifs is 1. The highest BCUT2D eigenvalue weighted by molar-refractivity contribution is 7.92. The van der Waals surface area contributed by atoms with E-state index in [9.17, 15) is 22.4 Å². The van der Waals surface area contributed by atoms with Gasteiger partial charge in [0.05, 0.1) is 16.1 Å². The predicted molar refractivity (Wildman–Crippen MR) is 126 cm³/mol. The number of carbonyl (C=O) groups excluding carboxylic acids is 2. The van der Waals surface area contributed by atoms with E-state index < -0.39 is 27.9 Å². The minimum atomic E-state index is -4.08. The molecule has 0 radical (unpaired) electrons. The molecule has 176 valence electrons. The van der Waals surface area contributed by atoms with Crippen LogP contribution in [0.15, 0.2) is 77.7 Å². The number of hydrogen-bond acceptors (Lipinski definition) is 5. The van der Waals surface area contributed by atoms with E-state index in [0.29, 0.717) is 6.42 Å². The van der Waals surface area contributed by atoms with E-state index in [4.69, 9.17) is 4.74 Å². The molecule has 1 amide bonds. The lowest BCUT2D eigenvalue weighted by atomic mass is 10.1. The first-order chi connectivity index (χ1) is 16.2. The lowest BCUT2D eigenvalue weighted by Gasteiger charge is -2.26. The molecule has 0 spiro atoms. The molecule has 0 aromatic heterocycles. The number of ether oxygens (including phenoxy) is 1. The van der Waals surface area contributed by atoms with E-state index in [1.165, 1.54) is 19.1 Å². The van der Waals surface area contributed by atoms with Gasteiger partial charge < -0.3 is 9.64 Å². The molecule has 1 aliphatic rings. The summed E-state index contributed by atoms with van der Waals surface area (Å²) >= 11 is 0. The smallest absolute Gasteiger partial charge is 0.341 e. The van der Waals surface area contributed by atoms with Gasteiger partial charge >= 0.3 is 5.97 Å². The summed E-state index contributed by atoms with van der Waals surface area (Å²) in [6.07, 6.45) is -0.390. The highest BCUT2D eigenvalue weighted by Crippen LogP contribution is 2.32. The van der Waals surface area contributed by atoms with E-state index in [0.717, 1.165) is 35.5 Å². The lowest BCUT2D eigenvalue weighted by molar-refractivity contribution is -0.126. The molecule has 7 nitrogen and oxygen atoms in total. The zero-order valence-corrected chi connectivity index (χ0v) is 19.4. The van der Waals surface area contributed by atoms with Gasteiger partial charge in [-0.05, 0) is 68.3 Å². The minimum Gasteiger partial charge on any atom is -0.449 e. The van der Waals surface area contributed by atoms with Gasteiger partial charge in [0, 0.05) is 11.7 Å². The van der Waals surface area contributed by atoms with E-state index >= 15 is 0 Å². The Morgan fingerprint density at radius 1 is 1.03 bits per heavy atom. The quantitative estimate of drug-likeness (QED) is 0.533. The predicted octanol–water partition coefficient (Wildman–Crippen LogP) is 4.15. The molecule has 4 rings (SSSR count). The molecule has 1 N–H and O–H groups in total. The van der Waals surface area contributed by atoms with Crippen molar-refractivity contribution >= 4 is 33.3 Å². The van der Waals surface area contributed by atoms with Gasteiger partial charge in [0.25, 0.3) is 15.9 Å². The summed E-state index contributed by atoms with van der Waals surface area (Å²) in [6.45, 7) is 3.41. The van der Waals surface area contributed by atoms with Crippen LogP contribution in [0, 0.1) is 5.82 Å². The van der Waals surface area contributed by atoms with Gasteiger partial charge in [-0.3, -0.25) is 9.52 Å². The second kappa shape index (κ2) is 9.26. The van der Waals surface area contributed by atoms with Crippen molar-refractivity contribution < 1.29 is 27.1 Å². The number of amides is 1. The van der Waals surface area contributed by atoms with E-state index in [1.807, 2.05) is 31.2 Å². The number of para-hydroxylation sites is 2. The normalized spacial score (nSPS) is 16.0. The van der Waals surface area contributed by atoms with Gasteiger partial charge in [-0.2, -0.15) is 0 Å². The number of nitrogens with zero attached hydrogens (tertiary/aromatic N) is 1. The largest absolute Gasteiger partial charge is 0.449 e. The molecule has 0 bridgehead atoms. The Kier molecular flexibility index (Phi) is 6.39. The molecule has 3 aromatic rings. The number of esters is 1. The van der Waals surface area contributed by atoms with Crippen LogP contribution in [0.2, 0.25) is 0 Å². The van der Waals surface area contributed by atoms with E-state index in [-0.39, 0.29) is 28.1 Å². The number of carbonyl (C=O) groups is 2. The molecule has 9 heteroatoms. The maximum Gasteiger partial charge on any atom is 0.341 e. The summed E-state index contributed by atoms with van der Waals surface area (Å²) < 4.78 is 46.3. The van der Waals surface area contributed by atoms with Gasteiger partial charge in [-0.25, -0.2) is 17.6 Å². The summed E-state index contributed by atoms with van der Waals surface area (Å²) in [5, 5.41) is 0. The van der Waals surface area contributed by atoms with Gasteiger partial charge in [0.1, 0.15) is 5.82 Å². The number of halogens is 1. The van der Waals surface area contributed by atoms with Crippen molar-refractivity contribution in [3.05, 3.63) is 89.7 Å². The topological polar surface area (TPSA) is 92.8 Å². The van der Waals surface area contributed by atoms with Crippen molar-refractivity contribution in [3.63, 3.8) is 0 Å². The molecular weight excluding hydrogens is 459 g/mol. The first-order valence-corrected chi connectivity index (χ1v) is 12.1. The van der Waals surface area contributed by atoms with Crippen LogP contribution in [0.25, 0.3) is 0 Å². The van der Waals surface area contributed by atoms with Gasteiger partial charge in [-0.15, -0.1) is 0 Å². The Balaban J connectivity index is 1.52. The van der Waals surface area contributed by atoms with Gasteiger partial charge in [-0.1, -0.05) is 30.3 Å². The fourth-order valence-electron chi connectivity index (χ4n) is 3.94. The molecule has 2 atom stereocenters. The minimum absolute atomic E-state index is 0.0173. The Hall–Kier alpha value is -3.72. The molecule has 1 aliphatic heterocycles. The second-order valence-corrected chi connectivity index (χ2v) is 9.73. The summed E-state index contributed by atoms with van der Waals surface area (Å²) in [4.78, 5) is 27.5.